The van der Waals surface area contributed by atoms with Gasteiger partial charge in [0, 0.05) is 19.1 Å². The first-order valence-corrected chi connectivity index (χ1v) is 9.50. The SMILES string of the molecule is CC(C)C[C@H]1CN(Cc2ccc(Cl)c(Cl)c2)[C@@H](CC(C)C)C(=O)N1. The molecule has 1 aromatic rings. The Hall–Kier alpha value is -0.770. The molecule has 1 aliphatic rings. The van der Waals surface area contributed by atoms with Crippen LogP contribution < -0.4 is 5.32 Å². The summed E-state index contributed by atoms with van der Waals surface area (Å²) < 4.78 is 0. The summed E-state index contributed by atoms with van der Waals surface area (Å²) in [6.07, 6.45) is 1.86. The van der Waals surface area contributed by atoms with Crippen molar-refractivity contribution in [3.05, 3.63) is 33.8 Å². The lowest BCUT2D eigenvalue weighted by Gasteiger charge is -2.40. The first-order chi connectivity index (χ1) is 11.3. The second-order valence-electron chi connectivity index (χ2n) is 7.66. The van der Waals surface area contributed by atoms with Gasteiger partial charge < -0.3 is 5.32 Å². The second-order valence-corrected chi connectivity index (χ2v) is 8.47. The average Bonchev–Trinajstić information content (AvgIpc) is 2.45. The van der Waals surface area contributed by atoms with Crippen molar-refractivity contribution in [1.82, 2.24) is 10.2 Å². The summed E-state index contributed by atoms with van der Waals surface area (Å²) in [6, 6.07) is 5.85. The Bertz CT molecular complexity index is 574. The molecule has 2 rings (SSSR count). The molecule has 0 radical (unpaired) electrons. The van der Waals surface area contributed by atoms with Crippen LogP contribution in [0.3, 0.4) is 0 Å². The number of hydrogen-bond donors (Lipinski definition) is 1. The number of benzene rings is 1. The normalized spacial score (nSPS) is 22.2. The van der Waals surface area contributed by atoms with E-state index in [0.717, 1.165) is 31.5 Å². The van der Waals surface area contributed by atoms with Gasteiger partial charge in [-0.15, -0.1) is 0 Å². The summed E-state index contributed by atoms with van der Waals surface area (Å²) in [7, 11) is 0. The molecule has 1 heterocycles. The molecule has 134 valence electrons. The molecule has 0 saturated carbocycles. The standard InChI is InChI=1S/C19H28Cl2N2O/c1-12(2)7-15-11-23(18(8-13(3)4)19(24)22-15)10-14-5-6-16(20)17(21)9-14/h5-6,9,12-13,15,18H,7-8,10-11H2,1-4H3,(H,22,24)/t15-,18-/m0/s1. The van der Waals surface area contributed by atoms with Crippen molar-refractivity contribution in [2.75, 3.05) is 6.54 Å². The minimum Gasteiger partial charge on any atom is -0.351 e. The highest BCUT2D eigenvalue weighted by atomic mass is 35.5. The van der Waals surface area contributed by atoms with Gasteiger partial charge in [0.05, 0.1) is 16.1 Å². The van der Waals surface area contributed by atoms with Crippen LogP contribution in [0.25, 0.3) is 0 Å². The van der Waals surface area contributed by atoms with Gasteiger partial charge in [-0.2, -0.15) is 0 Å². The molecular weight excluding hydrogens is 343 g/mol. The average molecular weight is 371 g/mol. The largest absolute Gasteiger partial charge is 0.351 e. The highest BCUT2D eigenvalue weighted by Crippen LogP contribution is 2.26. The monoisotopic (exact) mass is 370 g/mol. The molecule has 1 amide bonds. The van der Waals surface area contributed by atoms with Crippen LogP contribution in [0.5, 0.6) is 0 Å². The van der Waals surface area contributed by atoms with Crippen LogP contribution in [0.4, 0.5) is 0 Å². The lowest BCUT2D eigenvalue weighted by molar-refractivity contribution is -0.132. The van der Waals surface area contributed by atoms with Gasteiger partial charge in [0.2, 0.25) is 5.91 Å². The third-order valence-corrected chi connectivity index (χ3v) is 5.10. The zero-order valence-corrected chi connectivity index (χ0v) is 16.5. The molecule has 1 aromatic carbocycles. The van der Waals surface area contributed by atoms with Crippen molar-refractivity contribution in [3.63, 3.8) is 0 Å². The molecule has 0 spiro atoms. The fourth-order valence-electron chi connectivity index (χ4n) is 3.37. The van der Waals surface area contributed by atoms with E-state index >= 15 is 0 Å². The van der Waals surface area contributed by atoms with Crippen LogP contribution in [-0.4, -0.2) is 29.4 Å². The Labute approximate surface area is 155 Å². The Morgan fingerprint density at radius 1 is 1.12 bits per heavy atom. The van der Waals surface area contributed by atoms with Crippen LogP contribution in [0.1, 0.15) is 46.1 Å². The van der Waals surface area contributed by atoms with Gasteiger partial charge in [0.25, 0.3) is 0 Å². The Balaban J connectivity index is 2.17. The number of amides is 1. The van der Waals surface area contributed by atoms with E-state index in [2.05, 4.69) is 37.9 Å². The van der Waals surface area contributed by atoms with Gasteiger partial charge in [-0.25, -0.2) is 0 Å². The molecule has 0 aromatic heterocycles. The smallest absolute Gasteiger partial charge is 0.237 e. The molecule has 0 unspecified atom stereocenters. The summed E-state index contributed by atoms with van der Waals surface area (Å²) in [5, 5.41) is 4.34. The van der Waals surface area contributed by atoms with Crippen LogP contribution in [0, 0.1) is 11.8 Å². The van der Waals surface area contributed by atoms with E-state index in [-0.39, 0.29) is 18.0 Å². The predicted octanol–water partition coefficient (Wildman–Crippen LogP) is 4.75. The van der Waals surface area contributed by atoms with Crippen molar-refractivity contribution >= 4 is 29.1 Å². The first-order valence-electron chi connectivity index (χ1n) is 8.74. The fraction of sp³-hybridized carbons (Fsp3) is 0.632. The van der Waals surface area contributed by atoms with Gasteiger partial charge in [-0.1, -0.05) is 57.0 Å². The van der Waals surface area contributed by atoms with Gasteiger partial charge >= 0.3 is 0 Å². The van der Waals surface area contributed by atoms with E-state index in [1.54, 1.807) is 0 Å². The fourth-order valence-corrected chi connectivity index (χ4v) is 3.69. The lowest BCUT2D eigenvalue weighted by Crippen LogP contribution is -2.60. The molecule has 1 N–H and O–H groups in total. The molecule has 1 saturated heterocycles. The second kappa shape index (κ2) is 8.55. The molecular formula is C19H28Cl2N2O. The Kier molecular flexibility index (Phi) is 6.97. The minimum atomic E-state index is -0.0807. The van der Waals surface area contributed by atoms with Crippen molar-refractivity contribution in [2.45, 2.75) is 59.2 Å². The molecule has 24 heavy (non-hydrogen) atoms. The van der Waals surface area contributed by atoms with Crippen molar-refractivity contribution in [2.24, 2.45) is 11.8 Å². The topological polar surface area (TPSA) is 32.3 Å². The van der Waals surface area contributed by atoms with E-state index in [1.807, 2.05) is 18.2 Å². The predicted molar refractivity (Wildman–Crippen MR) is 102 cm³/mol. The van der Waals surface area contributed by atoms with Crippen LogP contribution in [-0.2, 0) is 11.3 Å². The van der Waals surface area contributed by atoms with E-state index in [9.17, 15) is 4.79 Å². The molecule has 1 aliphatic heterocycles. The third kappa shape index (κ3) is 5.37. The number of halogens is 2. The highest BCUT2D eigenvalue weighted by Gasteiger charge is 2.34. The zero-order chi connectivity index (χ0) is 17.9. The van der Waals surface area contributed by atoms with Crippen LogP contribution >= 0.6 is 23.2 Å². The van der Waals surface area contributed by atoms with E-state index in [0.29, 0.717) is 21.9 Å². The van der Waals surface area contributed by atoms with Crippen LogP contribution in [0.15, 0.2) is 18.2 Å². The van der Waals surface area contributed by atoms with E-state index < -0.39 is 0 Å². The number of rotatable bonds is 6. The first kappa shape index (κ1) is 19.6. The summed E-state index contributed by atoms with van der Waals surface area (Å²) >= 11 is 12.2. The number of hydrogen-bond acceptors (Lipinski definition) is 2. The van der Waals surface area contributed by atoms with Gasteiger partial charge in [0.15, 0.2) is 0 Å². The van der Waals surface area contributed by atoms with Gasteiger partial charge in [0.1, 0.15) is 0 Å². The van der Waals surface area contributed by atoms with Crippen LogP contribution in [0.2, 0.25) is 10.0 Å². The lowest BCUT2D eigenvalue weighted by atomic mass is 9.94. The Morgan fingerprint density at radius 3 is 2.38 bits per heavy atom. The highest BCUT2D eigenvalue weighted by molar-refractivity contribution is 6.42. The minimum absolute atomic E-state index is 0.0807. The third-order valence-electron chi connectivity index (χ3n) is 4.36. The molecule has 3 nitrogen and oxygen atoms in total. The maximum absolute atomic E-state index is 12.6. The molecule has 0 aliphatic carbocycles. The van der Waals surface area contributed by atoms with Crippen molar-refractivity contribution < 1.29 is 4.79 Å². The van der Waals surface area contributed by atoms with E-state index in [1.165, 1.54) is 0 Å². The summed E-state index contributed by atoms with van der Waals surface area (Å²) in [5.41, 5.74) is 1.09. The molecule has 2 atom stereocenters. The van der Waals surface area contributed by atoms with Gasteiger partial charge in [-0.05, 0) is 42.4 Å². The van der Waals surface area contributed by atoms with E-state index in [4.69, 9.17) is 23.2 Å². The Morgan fingerprint density at radius 2 is 1.79 bits per heavy atom. The summed E-state index contributed by atoms with van der Waals surface area (Å²) in [5.74, 6) is 1.18. The van der Waals surface area contributed by atoms with Crippen molar-refractivity contribution in [1.29, 1.82) is 0 Å². The number of carbonyl (C=O) groups excluding carboxylic acids is 1. The van der Waals surface area contributed by atoms with Crippen molar-refractivity contribution in [3.8, 4) is 0 Å². The number of piperazine rings is 1. The molecule has 1 fully saturated rings. The van der Waals surface area contributed by atoms with Gasteiger partial charge in [-0.3, -0.25) is 9.69 Å². The molecule has 5 heteroatoms. The molecule has 0 bridgehead atoms. The number of nitrogens with one attached hydrogen (secondary N) is 1. The quantitative estimate of drug-likeness (QED) is 0.782. The maximum Gasteiger partial charge on any atom is 0.237 e. The summed E-state index contributed by atoms with van der Waals surface area (Å²) in [4.78, 5) is 14.9. The number of nitrogens with zero attached hydrogens (tertiary/aromatic N) is 1. The maximum atomic E-state index is 12.6. The number of carbonyl (C=O) groups is 1. The zero-order valence-electron chi connectivity index (χ0n) is 15.0. The summed E-state index contributed by atoms with van der Waals surface area (Å²) in [6.45, 7) is 10.3.